The minimum absolute atomic E-state index is 0.151. The number of aryl methyl sites for hydroxylation is 1. The number of aromatic nitrogens is 1. The first-order chi connectivity index (χ1) is 8.97. The molecule has 1 heterocycles. The van der Waals surface area contributed by atoms with E-state index >= 15 is 0 Å². The van der Waals surface area contributed by atoms with E-state index < -0.39 is 17.8 Å². The fraction of sp³-hybridized carbons (Fsp3) is 0.308. The summed E-state index contributed by atoms with van der Waals surface area (Å²) in [6, 6.07) is 3.31. The van der Waals surface area contributed by atoms with Gasteiger partial charge in [0.15, 0.2) is 5.78 Å². The molecule has 0 aliphatic heterocycles. The molecule has 19 heavy (non-hydrogen) atoms. The van der Waals surface area contributed by atoms with Gasteiger partial charge < -0.3 is 5.11 Å². The quantitative estimate of drug-likeness (QED) is 0.883. The van der Waals surface area contributed by atoms with Crippen molar-refractivity contribution in [3.8, 4) is 0 Å². The number of rotatable bonds is 3. The van der Waals surface area contributed by atoms with Gasteiger partial charge in [0, 0.05) is 11.5 Å². The maximum atomic E-state index is 12.2. The summed E-state index contributed by atoms with van der Waals surface area (Å²) in [4.78, 5) is 27.3. The van der Waals surface area contributed by atoms with Crippen LogP contribution in [0.15, 0.2) is 12.1 Å². The number of nitrogens with zero attached hydrogens (tertiary/aromatic N) is 1. The Hall–Kier alpha value is -1.46. The van der Waals surface area contributed by atoms with E-state index in [1.807, 2.05) is 6.92 Å². The van der Waals surface area contributed by atoms with Crippen molar-refractivity contribution in [2.75, 3.05) is 0 Å². The Morgan fingerprint density at radius 1 is 1.42 bits per heavy atom. The first-order valence-corrected chi connectivity index (χ1v) is 7.00. The van der Waals surface area contributed by atoms with Crippen LogP contribution in [0.1, 0.15) is 21.8 Å². The van der Waals surface area contributed by atoms with Crippen LogP contribution in [0.25, 0.3) is 10.2 Å². The highest BCUT2D eigenvalue weighted by atomic mass is 35.5. The predicted octanol–water partition coefficient (Wildman–Crippen LogP) is 3.16. The highest BCUT2D eigenvalue weighted by molar-refractivity contribution is 7.19. The first kappa shape index (κ1) is 12.6. The molecule has 0 radical (unpaired) electrons. The number of halogens is 1. The lowest BCUT2D eigenvalue weighted by atomic mass is 10.1. The molecule has 2 aromatic rings. The van der Waals surface area contributed by atoms with Crippen LogP contribution in [0.3, 0.4) is 0 Å². The highest BCUT2D eigenvalue weighted by Gasteiger charge is 2.48. The predicted molar refractivity (Wildman–Crippen MR) is 72.9 cm³/mol. The van der Waals surface area contributed by atoms with E-state index in [1.54, 1.807) is 12.1 Å². The van der Waals surface area contributed by atoms with Gasteiger partial charge in [-0.1, -0.05) is 11.6 Å². The fourth-order valence-electron chi connectivity index (χ4n) is 2.22. The largest absolute Gasteiger partial charge is 0.481 e. The second-order valence-electron chi connectivity index (χ2n) is 4.69. The fourth-order valence-corrected chi connectivity index (χ4v) is 3.35. The second kappa shape index (κ2) is 4.28. The van der Waals surface area contributed by atoms with Gasteiger partial charge in [-0.15, -0.1) is 11.3 Å². The van der Waals surface area contributed by atoms with Gasteiger partial charge in [-0.25, -0.2) is 4.98 Å². The van der Waals surface area contributed by atoms with Crippen LogP contribution in [0.5, 0.6) is 0 Å². The summed E-state index contributed by atoms with van der Waals surface area (Å²) in [6.45, 7) is 1.88. The number of hydrogen-bond acceptors (Lipinski definition) is 4. The van der Waals surface area contributed by atoms with E-state index in [0.29, 0.717) is 22.5 Å². The molecule has 0 amide bonds. The van der Waals surface area contributed by atoms with Crippen LogP contribution in [0, 0.1) is 18.8 Å². The Balaban J connectivity index is 1.97. The van der Waals surface area contributed by atoms with Gasteiger partial charge in [0.05, 0.1) is 26.2 Å². The van der Waals surface area contributed by atoms with Gasteiger partial charge >= 0.3 is 5.97 Å². The highest BCUT2D eigenvalue weighted by Crippen LogP contribution is 2.42. The monoisotopic (exact) mass is 295 g/mol. The number of carboxylic acid groups (broad SMARTS) is 1. The number of benzene rings is 1. The molecule has 0 saturated heterocycles. The van der Waals surface area contributed by atoms with Crippen LogP contribution in [-0.2, 0) is 4.79 Å². The third kappa shape index (κ3) is 2.13. The number of aliphatic carboxylic acids is 1. The van der Waals surface area contributed by atoms with Crippen molar-refractivity contribution in [2.45, 2.75) is 13.3 Å². The van der Waals surface area contributed by atoms with Gasteiger partial charge in [0.1, 0.15) is 0 Å². The van der Waals surface area contributed by atoms with E-state index in [2.05, 4.69) is 4.98 Å². The van der Waals surface area contributed by atoms with Gasteiger partial charge in [-0.05, 0) is 25.5 Å². The molecule has 3 rings (SSSR count). The zero-order valence-electron chi connectivity index (χ0n) is 10.0. The maximum Gasteiger partial charge on any atom is 0.307 e. The molecule has 4 nitrogen and oxygen atoms in total. The zero-order chi connectivity index (χ0) is 13.7. The molecule has 0 spiro atoms. The number of fused-ring (bicyclic) bond motifs is 1. The summed E-state index contributed by atoms with van der Waals surface area (Å²) in [5, 5.41) is 10.2. The molecule has 1 N–H and O–H groups in total. The summed E-state index contributed by atoms with van der Waals surface area (Å²) in [5.41, 5.74) is 1.16. The summed E-state index contributed by atoms with van der Waals surface area (Å²) in [5.74, 6) is -2.01. The number of Topliss-reactive ketones (excluding diaryl/α,β-unsaturated/α-hetero) is 1. The Morgan fingerprint density at radius 2 is 2.16 bits per heavy atom. The first-order valence-electron chi connectivity index (χ1n) is 5.81. The SMILES string of the molecule is Cc1nc2cc(C(=O)[C@H]3C[C@@H]3C(=O)O)cc(Cl)c2s1. The van der Waals surface area contributed by atoms with Crippen molar-refractivity contribution in [1.82, 2.24) is 4.98 Å². The average Bonchev–Trinajstić information content (AvgIpc) is 3.05. The van der Waals surface area contributed by atoms with E-state index in [1.165, 1.54) is 11.3 Å². The van der Waals surface area contributed by atoms with Gasteiger partial charge in [0.25, 0.3) is 0 Å². The minimum atomic E-state index is -0.907. The van der Waals surface area contributed by atoms with Crippen molar-refractivity contribution >= 4 is 44.9 Å². The van der Waals surface area contributed by atoms with Crippen LogP contribution >= 0.6 is 22.9 Å². The number of hydrogen-bond donors (Lipinski definition) is 1. The molecule has 6 heteroatoms. The zero-order valence-corrected chi connectivity index (χ0v) is 11.6. The number of ketones is 1. The molecular weight excluding hydrogens is 286 g/mol. The third-order valence-electron chi connectivity index (χ3n) is 3.28. The topological polar surface area (TPSA) is 67.3 Å². The minimum Gasteiger partial charge on any atom is -0.481 e. The summed E-state index contributed by atoms with van der Waals surface area (Å²) in [6.07, 6.45) is 0.417. The standard InChI is InChI=1S/C13H10ClNO3S/c1-5-15-10-3-6(2-9(14)12(10)19-5)11(16)7-4-8(7)13(17)18/h2-3,7-8H,4H2,1H3,(H,17,18)/t7-,8-/m0/s1. The summed E-state index contributed by atoms with van der Waals surface area (Å²) >= 11 is 7.63. The molecule has 0 bridgehead atoms. The van der Waals surface area contributed by atoms with Crippen LogP contribution in [-0.4, -0.2) is 21.8 Å². The normalized spacial score (nSPS) is 21.6. The van der Waals surface area contributed by atoms with E-state index in [0.717, 1.165) is 9.71 Å². The van der Waals surface area contributed by atoms with Gasteiger partial charge in [0.2, 0.25) is 0 Å². The lowest BCUT2D eigenvalue weighted by molar-refractivity contribution is -0.138. The van der Waals surface area contributed by atoms with Crippen molar-refractivity contribution in [1.29, 1.82) is 0 Å². The van der Waals surface area contributed by atoms with E-state index in [9.17, 15) is 9.59 Å². The van der Waals surface area contributed by atoms with Crippen molar-refractivity contribution in [3.63, 3.8) is 0 Å². The number of carbonyl (C=O) groups excluding carboxylic acids is 1. The van der Waals surface area contributed by atoms with Crippen LogP contribution in [0.4, 0.5) is 0 Å². The number of thiazole rings is 1. The number of carbonyl (C=O) groups is 2. The molecule has 1 fully saturated rings. The average molecular weight is 296 g/mol. The molecule has 1 aromatic heterocycles. The third-order valence-corrected chi connectivity index (χ3v) is 4.71. The van der Waals surface area contributed by atoms with Gasteiger partial charge in [-0.2, -0.15) is 0 Å². The van der Waals surface area contributed by atoms with E-state index in [4.69, 9.17) is 16.7 Å². The Morgan fingerprint density at radius 3 is 2.79 bits per heavy atom. The van der Waals surface area contributed by atoms with Crippen molar-refractivity contribution in [3.05, 3.63) is 27.7 Å². The summed E-state index contributed by atoms with van der Waals surface area (Å²) < 4.78 is 0.862. The lowest BCUT2D eigenvalue weighted by Crippen LogP contribution is -2.08. The van der Waals surface area contributed by atoms with Gasteiger partial charge in [-0.3, -0.25) is 9.59 Å². The maximum absolute atomic E-state index is 12.2. The van der Waals surface area contributed by atoms with Crippen molar-refractivity contribution in [2.24, 2.45) is 11.8 Å². The molecular formula is C13H10ClNO3S. The molecule has 1 aliphatic rings. The molecule has 2 atom stereocenters. The second-order valence-corrected chi connectivity index (χ2v) is 6.30. The summed E-state index contributed by atoms with van der Waals surface area (Å²) in [7, 11) is 0. The van der Waals surface area contributed by atoms with E-state index in [-0.39, 0.29) is 5.78 Å². The molecule has 98 valence electrons. The Bertz CT molecular complexity index is 709. The van der Waals surface area contributed by atoms with Crippen molar-refractivity contribution < 1.29 is 14.7 Å². The Labute approximate surface area is 118 Å². The molecule has 1 aliphatic carbocycles. The smallest absolute Gasteiger partial charge is 0.307 e. The molecule has 1 saturated carbocycles. The van der Waals surface area contributed by atoms with Crippen LogP contribution in [0.2, 0.25) is 5.02 Å². The Kier molecular flexibility index (Phi) is 2.83. The lowest BCUT2D eigenvalue weighted by Gasteiger charge is -2.01. The molecule has 0 unspecified atom stereocenters. The number of carboxylic acids is 1. The molecule has 1 aromatic carbocycles. The van der Waals surface area contributed by atoms with Crippen LogP contribution < -0.4 is 0 Å².